The maximum absolute atomic E-state index is 13.3. The SMILES string of the molecule is CC(C)(C)OC(=O)N1CCC(n2cc(-c3ccccc3)n(CCCOS(C)(=O)=O)c2=O)CC1. The molecule has 2 heterocycles. The Labute approximate surface area is 195 Å². The Kier molecular flexibility index (Phi) is 7.69. The highest BCUT2D eigenvalue weighted by molar-refractivity contribution is 7.85. The fraction of sp³-hybridized carbons (Fsp3) is 0.565. The van der Waals surface area contributed by atoms with Gasteiger partial charge in [-0.05, 0) is 45.6 Å². The van der Waals surface area contributed by atoms with Crippen molar-refractivity contribution in [1.82, 2.24) is 14.0 Å². The lowest BCUT2D eigenvalue weighted by Crippen LogP contribution is -2.43. The van der Waals surface area contributed by atoms with Crippen LogP contribution in [0.1, 0.15) is 46.1 Å². The summed E-state index contributed by atoms with van der Waals surface area (Å²) in [4.78, 5) is 27.4. The molecule has 33 heavy (non-hydrogen) atoms. The quantitative estimate of drug-likeness (QED) is 0.446. The van der Waals surface area contributed by atoms with Gasteiger partial charge >= 0.3 is 11.8 Å². The number of aromatic nitrogens is 2. The standard InChI is InChI=1S/C23H33N3O6S/c1-23(2,3)32-22(28)24-14-11-19(12-15-24)26-17-20(18-9-6-5-7-10-18)25(21(26)27)13-8-16-31-33(4,29)30/h5-7,9-10,17,19H,8,11-16H2,1-4H3. The molecule has 0 bridgehead atoms. The van der Waals surface area contributed by atoms with Crippen LogP contribution in [-0.4, -0.2) is 60.1 Å². The van der Waals surface area contributed by atoms with E-state index in [1.165, 1.54) is 0 Å². The molecule has 1 aromatic heterocycles. The molecule has 10 heteroatoms. The van der Waals surface area contributed by atoms with Gasteiger partial charge in [0.2, 0.25) is 0 Å². The van der Waals surface area contributed by atoms with Crippen LogP contribution in [0.4, 0.5) is 4.79 Å². The van der Waals surface area contributed by atoms with Gasteiger partial charge in [0.05, 0.1) is 18.6 Å². The summed E-state index contributed by atoms with van der Waals surface area (Å²) in [6, 6.07) is 9.57. The van der Waals surface area contributed by atoms with Gasteiger partial charge in [0.15, 0.2) is 0 Å². The maximum Gasteiger partial charge on any atom is 0.410 e. The molecule has 1 saturated heterocycles. The summed E-state index contributed by atoms with van der Waals surface area (Å²) < 4.78 is 36.2. The largest absolute Gasteiger partial charge is 0.444 e. The van der Waals surface area contributed by atoms with Crippen molar-refractivity contribution in [1.29, 1.82) is 0 Å². The molecule has 0 atom stereocenters. The van der Waals surface area contributed by atoms with E-state index in [0.29, 0.717) is 38.9 Å². The molecule has 0 radical (unpaired) electrons. The normalized spacial score (nSPS) is 15.6. The van der Waals surface area contributed by atoms with Crippen LogP contribution >= 0.6 is 0 Å². The summed E-state index contributed by atoms with van der Waals surface area (Å²) in [6.07, 6.45) is 4.22. The summed E-state index contributed by atoms with van der Waals surface area (Å²) >= 11 is 0. The van der Waals surface area contributed by atoms with Crippen LogP contribution < -0.4 is 5.69 Å². The van der Waals surface area contributed by atoms with Crippen molar-refractivity contribution in [3.63, 3.8) is 0 Å². The number of likely N-dealkylation sites (tertiary alicyclic amines) is 1. The van der Waals surface area contributed by atoms with Crippen molar-refractivity contribution >= 4 is 16.2 Å². The molecular weight excluding hydrogens is 446 g/mol. The van der Waals surface area contributed by atoms with Gasteiger partial charge < -0.3 is 9.64 Å². The van der Waals surface area contributed by atoms with Gasteiger partial charge in [-0.3, -0.25) is 13.3 Å². The van der Waals surface area contributed by atoms with Gasteiger partial charge in [-0.1, -0.05) is 30.3 Å². The van der Waals surface area contributed by atoms with Crippen LogP contribution in [0.2, 0.25) is 0 Å². The van der Waals surface area contributed by atoms with Crippen LogP contribution in [0.15, 0.2) is 41.3 Å². The Morgan fingerprint density at radius 2 is 1.76 bits per heavy atom. The number of imidazole rings is 1. The number of benzene rings is 1. The number of hydrogen-bond acceptors (Lipinski definition) is 6. The number of carbonyl (C=O) groups excluding carboxylic acids is 1. The lowest BCUT2D eigenvalue weighted by Gasteiger charge is -2.33. The first-order valence-corrected chi connectivity index (χ1v) is 13.0. The van der Waals surface area contributed by atoms with Crippen LogP contribution in [0.5, 0.6) is 0 Å². The topological polar surface area (TPSA) is 99.8 Å². The van der Waals surface area contributed by atoms with Crippen LogP contribution in [0, 0.1) is 0 Å². The Bertz CT molecular complexity index is 1110. The summed E-state index contributed by atoms with van der Waals surface area (Å²) in [7, 11) is -3.52. The predicted molar refractivity (Wildman–Crippen MR) is 126 cm³/mol. The summed E-state index contributed by atoms with van der Waals surface area (Å²) in [6.45, 7) is 6.89. The molecule has 0 N–H and O–H groups in total. The van der Waals surface area contributed by atoms with E-state index in [1.807, 2.05) is 57.3 Å². The highest BCUT2D eigenvalue weighted by Crippen LogP contribution is 2.26. The number of hydrogen-bond donors (Lipinski definition) is 0. The van der Waals surface area contributed by atoms with Crippen LogP contribution in [0.25, 0.3) is 11.3 Å². The van der Waals surface area contributed by atoms with Crippen molar-refractivity contribution in [3.05, 3.63) is 47.0 Å². The van der Waals surface area contributed by atoms with E-state index in [-0.39, 0.29) is 24.4 Å². The van der Waals surface area contributed by atoms with Gasteiger partial charge in [-0.15, -0.1) is 0 Å². The third-order valence-electron chi connectivity index (χ3n) is 5.41. The number of amides is 1. The van der Waals surface area contributed by atoms with E-state index in [0.717, 1.165) is 17.5 Å². The maximum atomic E-state index is 13.3. The number of carbonyl (C=O) groups is 1. The molecule has 0 aliphatic carbocycles. The van der Waals surface area contributed by atoms with Crippen molar-refractivity contribution in [2.45, 2.75) is 58.2 Å². The van der Waals surface area contributed by atoms with E-state index in [2.05, 4.69) is 0 Å². The second-order valence-corrected chi connectivity index (χ2v) is 10.9. The minimum Gasteiger partial charge on any atom is -0.444 e. The Balaban J connectivity index is 1.77. The molecule has 0 saturated carbocycles. The minimum absolute atomic E-state index is 0.0129. The molecular formula is C23H33N3O6S. The summed E-state index contributed by atoms with van der Waals surface area (Å²) in [5.74, 6) is 0. The molecule has 1 aromatic carbocycles. The van der Waals surface area contributed by atoms with Gasteiger partial charge in [0, 0.05) is 31.9 Å². The number of piperidine rings is 1. The Morgan fingerprint density at radius 3 is 2.33 bits per heavy atom. The zero-order chi connectivity index (χ0) is 24.2. The molecule has 2 aromatic rings. The smallest absolute Gasteiger partial charge is 0.410 e. The van der Waals surface area contributed by atoms with Gasteiger partial charge in [-0.2, -0.15) is 8.42 Å². The summed E-state index contributed by atoms with van der Waals surface area (Å²) in [5, 5.41) is 0. The molecule has 1 fully saturated rings. The molecule has 3 rings (SSSR count). The molecule has 1 aliphatic rings. The third-order valence-corrected chi connectivity index (χ3v) is 6.00. The van der Waals surface area contributed by atoms with Crippen molar-refractivity contribution in [2.75, 3.05) is 26.0 Å². The van der Waals surface area contributed by atoms with Gasteiger partial charge in [0.1, 0.15) is 5.60 Å². The first-order valence-electron chi connectivity index (χ1n) is 11.1. The van der Waals surface area contributed by atoms with E-state index >= 15 is 0 Å². The first-order chi connectivity index (χ1) is 15.4. The van der Waals surface area contributed by atoms with E-state index < -0.39 is 15.7 Å². The number of ether oxygens (including phenoxy) is 1. The van der Waals surface area contributed by atoms with Crippen molar-refractivity contribution < 1.29 is 22.1 Å². The third kappa shape index (κ3) is 6.94. The molecule has 0 unspecified atom stereocenters. The lowest BCUT2D eigenvalue weighted by atomic mass is 10.1. The zero-order valence-electron chi connectivity index (χ0n) is 19.7. The Hall–Kier alpha value is -2.59. The highest BCUT2D eigenvalue weighted by atomic mass is 32.2. The van der Waals surface area contributed by atoms with Crippen molar-refractivity contribution in [3.8, 4) is 11.3 Å². The molecule has 1 aliphatic heterocycles. The molecule has 0 spiro atoms. The zero-order valence-corrected chi connectivity index (χ0v) is 20.5. The van der Waals surface area contributed by atoms with E-state index in [4.69, 9.17) is 8.92 Å². The second-order valence-electron chi connectivity index (χ2n) is 9.30. The second kappa shape index (κ2) is 10.1. The van der Waals surface area contributed by atoms with Crippen molar-refractivity contribution in [2.24, 2.45) is 0 Å². The van der Waals surface area contributed by atoms with E-state index in [9.17, 15) is 18.0 Å². The lowest BCUT2D eigenvalue weighted by molar-refractivity contribution is 0.0187. The Morgan fingerprint density at radius 1 is 1.12 bits per heavy atom. The first kappa shape index (κ1) is 25.0. The van der Waals surface area contributed by atoms with Gasteiger partial charge in [0.25, 0.3) is 10.1 Å². The fourth-order valence-corrected chi connectivity index (χ4v) is 4.32. The average Bonchev–Trinajstić information content (AvgIpc) is 3.06. The minimum atomic E-state index is -3.52. The fourth-order valence-electron chi connectivity index (χ4n) is 3.90. The molecule has 1 amide bonds. The van der Waals surface area contributed by atoms with Crippen LogP contribution in [-0.2, 0) is 25.6 Å². The molecule has 182 valence electrons. The monoisotopic (exact) mass is 479 g/mol. The highest BCUT2D eigenvalue weighted by Gasteiger charge is 2.29. The van der Waals surface area contributed by atoms with E-state index in [1.54, 1.807) is 14.0 Å². The van der Waals surface area contributed by atoms with Gasteiger partial charge in [-0.25, -0.2) is 9.59 Å². The summed E-state index contributed by atoms with van der Waals surface area (Å²) in [5.41, 5.74) is 0.982. The predicted octanol–water partition coefficient (Wildman–Crippen LogP) is 3.26. The average molecular weight is 480 g/mol. The number of nitrogens with zero attached hydrogens (tertiary/aromatic N) is 3. The molecule has 9 nitrogen and oxygen atoms in total. The number of rotatable bonds is 7. The van der Waals surface area contributed by atoms with Crippen LogP contribution in [0.3, 0.4) is 0 Å².